The number of rotatable bonds is 7. The summed E-state index contributed by atoms with van der Waals surface area (Å²) in [6.45, 7) is 2.32. The molecular weight excluding hydrogens is 398 g/mol. The number of carbonyl (C=O) groups is 1. The van der Waals surface area contributed by atoms with Crippen LogP contribution in [-0.2, 0) is 16.4 Å². The number of amides is 1. The summed E-state index contributed by atoms with van der Waals surface area (Å²) >= 11 is 6.12. The number of anilines is 1. The molecular formula is C20H24ClN3O3S. The third kappa shape index (κ3) is 4.32. The number of carbonyl (C=O) groups excluding carboxylic acids is 1. The van der Waals surface area contributed by atoms with Crippen molar-refractivity contribution in [1.29, 1.82) is 0 Å². The third-order valence-corrected chi connectivity index (χ3v) is 6.98. The van der Waals surface area contributed by atoms with Crippen LogP contribution < -0.4 is 10.2 Å². The van der Waals surface area contributed by atoms with Crippen LogP contribution >= 0.6 is 11.6 Å². The lowest BCUT2D eigenvalue weighted by molar-refractivity contribution is 0.0953. The van der Waals surface area contributed by atoms with Crippen LogP contribution in [0.5, 0.6) is 0 Å². The molecule has 1 aliphatic heterocycles. The predicted octanol–water partition coefficient (Wildman–Crippen LogP) is 2.77. The predicted molar refractivity (Wildman–Crippen MR) is 112 cm³/mol. The van der Waals surface area contributed by atoms with Crippen LogP contribution in [0, 0.1) is 0 Å². The summed E-state index contributed by atoms with van der Waals surface area (Å²) in [4.78, 5) is 14.9. The van der Waals surface area contributed by atoms with Crippen LogP contribution in [0.2, 0.25) is 5.02 Å². The smallest absolute Gasteiger partial charge is 0.252 e. The number of para-hydroxylation sites is 1. The fraction of sp³-hybridized carbons (Fsp3) is 0.350. The molecule has 8 heteroatoms. The number of halogens is 1. The summed E-state index contributed by atoms with van der Waals surface area (Å²) in [5.41, 5.74) is 2.78. The van der Waals surface area contributed by atoms with Crippen molar-refractivity contribution in [2.75, 3.05) is 38.6 Å². The van der Waals surface area contributed by atoms with Crippen molar-refractivity contribution < 1.29 is 13.2 Å². The lowest BCUT2D eigenvalue weighted by Gasteiger charge is -2.19. The third-order valence-electron chi connectivity index (χ3n) is 4.83. The number of hydrogen-bond acceptors (Lipinski definition) is 4. The first-order valence-electron chi connectivity index (χ1n) is 9.14. The van der Waals surface area contributed by atoms with E-state index in [1.54, 1.807) is 0 Å². The van der Waals surface area contributed by atoms with Crippen molar-refractivity contribution in [2.45, 2.75) is 17.7 Å². The Balaban J connectivity index is 1.58. The molecule has 3 rings (SSSR count). The normalized spacial score (nSPS) is 13.6. The zero-order valence-electron chi connectivity index (χ0n) is 16.0. The zero-order chi connectivity index (χ0) is 20.3. The summed E-state index contributed by atoms with van der Waals surface area (Å²) in [6, 6.07) is 12.5. The largest absolute Gasteiger partial charge is 0.371 e. The molecule has 0 aromatic heterocycles. The molecule has 1 amide bonds. The van der Waals surface area contributed by atoms with Gasteiger partial charge < -0.3 is 10.2 Å². The number of fused-ring (bicyclic) bond motifs is 1. The number of nitrogens with one attached hydrogen (secondary N) is 1. The summed E-state index contributed by atoms with van der Waals surface area (Å²) in [7, 11) is -0.737. The minimum absolute atomic E-state index is 0.0423. The summed E-state index contributed by atoms with van der Waals surface area (Å²) in [5.74, 6) is -0.373. The molecule has 0 saturated heterocycles. The van der Waals surface area contributed by atoms with Gasteiger partial charge in [-0.2, -0.15) is 0 Å². The molecule has 2 aromatic carbocycles. The Morgan fingerprint density at radius 1 is 1.21 bits per heavy atom. The average Bonchev–Trinajstić information content (AvgIpc) is 3.08. The minimum Gasteiger partial charge on any atom is -0.371 e. The maximum atomic E-state index is 12.5. The lowest BCUT2D eigenvalue weighted by atomic mass is 10.2. The van der Waals surface area contributed by atoms with E-state index in [0.717, 1.165) is 30.2 Å². The molecule has 1 aliphatic rings. The monoisotopic (exact) mass is 421 g/mol. The fourth-order valence-corrected chi connectivity index (χ4v) is 4.39. The van der Waals surface area contributed by atoms with E-state index in [2.05, 4.69) is 28.4 Å². The van der Waals surface area contributed by atoms with E-state index in [-0.39, 0.29) is 21.4 Å². The summed E-state index contributed by atoms with van der Waals surface area (Å²) in [6.07, 6.45) is 1.83. The molecule has 0 bridgehead atoms. The lowest BCUT2D eigenvalue weighted by Crippen LogP contribution is -2.29. The van der Waals surface area contributed by atoms with Crippen molar-refractivity contribution in [3.63, 3.8) is 0 Å². The van der Waals surface area contributed by atoms with Crippen LogP contribution in [0.4, 0.5) is 5.69 Å². The molecule has 2 aromatic rings. The zero-order valence-corrected chi connectivity index (χ0v) is 17.6. The molecule has 150 valence electrons. The average molecular weight is 422 g/mol. The van der Waals surface area contributed by atoms with Crippen molar-refractivity contribution in [3.8, 4) is 0 Å². The van der Waals surface area contributed by atoms with E-state index in [1.807, 2.05) is 6.07 Å². The van der Waals surface area contributed by atoms with E-state index >= 15 is 0 Å². The molecule has 0 radical (unpaired) electrons. The van der Waals surface area contributed by atoms with E-state index in [4.69, 9.17) is 11.6 Å². The maximum absolute atomic E-state index is 12.5. The number of benzene rings is 2. The van der Waals surface area contributed by atoms with E-state index in [9.17, 15) is 13.2 Å². The van der Waals surface area contributed by atoms with Gasteiger partial charge in [0.2, 0.25) is 10.0 Å². The van der Waals surface area contributed by atoms with Crippen molar-refractivity contribution >= 4 is 33.2 Å². The first-order chi connectivity index (χ1) is 13.3. The van der Waals surface area contributed by atoms with Gasteiger partial charge in [-0.1, -0.05) is 29.8 Å². The molecule has 0 fully saturated rings. The molecule has 0 atom stereocenters. The highest BCUT2D eigenvalue weighted by atomic mass is 35.5. The van der Waals surface area contributed by atoms with Crippen molar-refractivity contribution in [2.24, 2.45) is 0 Å². The molecule has 0 aliphatic carbocycles. The summed E-state index contributed by atoms with van der Waals surface area (Å²) in [5, 5.41) is 3.06. The molecule has 28 heavy (non-hydrogen) atoms. The second-order valence-corrected chi connectivity index (χ2v) is 9.46. The highest BCUT2D eigenvalue weighted by Gasteiger charge is 2.21. The van der Waals surface area contributed by atoms with Gasteiger partial charge in [0, 0.05) is 39.4 Å². The molecule has 1 heterocycles. The van der Waals surface area contributed by atoms with Gasteiger partial charge in [-0.25, -0.2) is 12.7 Å². The van der Waals surface area contributed by atoms with E-state index < -0.39 is 10.0 Å². The molecule has 1 N–H and O–H groups in total. The van der Waals surface area contributed by atoms with Gasteiger partial charge in [0.05, 0.1) is 15.5 Å². The van der Waals surface area contributed by atoms with Gasteiger partial charge in [-0.3, -0.25) is 4.79 Å². The second-order valence-electron chi connectivity index (χ2n) is 6.90. The number of hydrogen-bond donors (Lipinski definition) is 1. The van der Waals surface area contributed by atoms with Gasteiger partial charge in [0.15, 0.2) is 0 Å². The van der Waals surface area contributed by atoms with Gasteiger partial charge in [0.25, 0.3) is 5.91 Å². The highest BCUT2D eigenvalue weighted by Crippen LogP contribution is 2.27. The Bertz CT molecular complexity index is 976. The number of nitrogens with zero attached hydrogens (tertiary/aromatic N) is 2. The first kappa shape index (κ1) is 20.6. The fourth-order valence-electron chi connectivity index (χ4n) is 3.26. The van der Waals surface area contributed by atoms with Crippen LogP contribution in [-0.4, -0.2) is 52.4 Å². The Hall–Kier alpha value is -2.09. The Morgan fingerprint density at radius 2 is 1.96 bits per heavy atom. The van der Waals surface area contributed by atoms with Crippen LogP contribution in [0.15, 0.2) is 47.4 Å². The molecule has 0 saturated carbocycles. The van der Waals surface area contributed by atoms with E-state index in [1.165, 1.54) is 43.5 Å². The topological polar surface area (TPSA) is 69.7 Å². The highest BCUT2D eigenvalue weighted by molar-refractivity contribution is 7.89. The van der Waals surface area contributed by atoms with Gasteiger partial charge in [0.1, 0.15) is 0 Å². The van der Waals surface area contributed by atoms with Crippen LogP contribution in [0.3, 0.4) is 0 Å². The SMILES string of the molecule is CN(C)S(=O)(=O)c1ccc(Cl)c(C(=O)NCCCN2CCc3ccccc32)c1. The van der Waals surface area contributed by atoms with Crippen molar-refractivity contribution in [3.05, 3.63) is 58.6 Å². The van der Waals surface area contributed by atoms with Gasteiger partial charge in [-0.05, 0) is 42.7 Å². The summed E-state index contributed by atoms with van der Waals surface area (Å²) < 4.78 is 25.6. The minimum atomic E-state index is -3.63. The van der Waals surface area contributed by atoms with Crippen LogP contribution in [0.1, 0.15) is 22.3 Å². The molecule has 0 unspecified atom stereocenters. The Kier molecular flexibility index (Phi) is 6.27. The maximum Gasteiger partial charge on any atom is 0.252 e. The van der Waals surface area contributed by atoms with E-state index in [0.29, 0.717) is 6.54 Å². The first-order valence-corrected chi connectivity index (χ1v) is 11.0. The molecule has 0 spiro atoms. The Labute approximate surface area is 171 Å². The molecule has 6 nitrogen and oxygen atoms in total. The quantitative estimate of drug-likeness (QED) is 0.698. The van der Waals surface area contributed by atoms with Gasteiger partial charge >= 0.3 is 0 Å². The Morgan fingerprint density at radius 3 is 2.71 bits per heavy atom. The van der Waals surface area contributed by atoms with Crippen LogP contribution in [0.25, 0.3) is 0 Å². The standard InChI is InChI=1S/C20H24ClN3O3S/c1-23(2)28(26,27)16-8-9-18(21)17(14-16)20(25)22-11-5-12-24-13-10-15-6-3-4-7-19(15)24/h3-4,6-9,14H,5,10-13H2,1-2H3,(H,22,25). The number of sulfonamides is 1. The second kappa shape index (κ2) is 8.51. The van der Waals surface area contributed by atoms with Crippen molar-refractivity contribution in [1.82, 2.24) is 9.62 Å². The van der Waals surface area contributed by atoms with Gasteiger partial charge in [-0.15, -0.1) is 0 Å².